The van der Waals surface area contributed by atoms with Crippen LogP contribution in [0.15, 0.2) is 18.2 Å². The first kappa shape index (κ1) is 16.1. The van der Waals surface area contributed by atoms with Crippen molar-refractivity contribution in [2.75, 3.05) is 19.8 Å². The highest BCUT2D eigenvalue weighted by atomic mass is 19.2. The van der Waals surface area contributed by atoms with Gasteiger partial charge in [-0.25, -0.2) is 8.78 Å². The minimum Gasteiger partial charge on any atom is -0.379 e. The number of hydrogen-bond acceptors (Lipinski definition) is 2. The zero-order valence-corrected chi connectivity index (χ0v) is 11.7. The SMILES string of the molecule is CCCCOCC(NCCC)c1cccc(F)c1F. The Morgan fingerprint density at radius 3 is 2.68 bits per heavy atom. The highest BCUT2D eigenvalue weighted by molar-refractivity contribution is 5.22. The van der Waals surface area contributed by atoms with Crippen LogP contribution in [-0.2, 0) is 4.74 Å². The predicted octanol–water partition coefficient (Wildman–Crippen LogP) is 3.82. The summed E-state index contributed by atoms with van der Waals surface area (Å²) in [5, 5.41) is 3.20. The van der Waals surface area contributed by atoms with Gasteiger partial charge in [0.05, 0.1) is 12.6 Å². The second kappa shape index (κ2) is 8.99. The second-order valence-corrected chi connectivity index (χ2v) is 4.58. The standard InChI is InChI=1S/C15H23F2NO/c1-3-5-10-19-11-14(18-9-4-2)12-7-6-8-13(16)15(12)17/h6-8,14,18H,3-5,9-11H2,1-2H3. The molecule has 1 aromatic rings. The van der Waals surface area contributed by atoms with Gasteiger partial charge in [0.1, 0.15) is 0 Å². The maximum atomic E-state index is 13.8. The van der Waals surface area contributed by atoms with E-state index in [1.165, 1.54) is 6.07 Å². The van der Waals surface area contributed by atoms with Gasteiger partial charge in [0.2, 0.25) is 0 Å². The molecule has 1 N–H and O–H groups in total. The van der Waals surface area contributed by atoms with Crippen LogP contribution in [0, 0.1) is 11.6 Å². The Bertz CT molecular complexity index is 371. The lowest BCUT2D eigenvalue weighted by Crippen LogP contribution is -2.27. The maximum absolute atomic E-state index is 13.8. The molecule has 0 aliphatic carbocycles. The first-order valence-electron chi connectivity index (χ1n) is 6.95. The van der Waals surface area contributed by atoms with Crippen LogP contribution in [0.25, 0.3) is 0 Å². The van der Waals surface area contributed by atoms with Crippen LogP contribution in [0.4, 0.5) is 8.78 Å². The van der Waals surface area contributed by atoms with Gasteiger partial charge in [-0.15, -0.1) is 0 Å². The van der Waals surface area contributed by atoms with E-state index in [4.69, 9.17) is 4.74 Å². The molecule has 19 heavy (non-hydrogen) atoms. The lowest BCUT2D eigenvalue weighted by atomic mass is 10.1. The molecule has 0 saturated carbocycles. The number of rotatable bonds is 9. The maximum Gasteiger partial charge on any atom is 0.163 e. The average molecular weight is 271 g/mol. The van der Waals surface area contributed by atoms with Crippen molar-refractivity contribution in [3.63, 3.8) is 0 Å². The molecule has 2 nitrogen and oxygen atoms in total. The summed E-state index contributed by atoms with van der Waals surface area (Å²) in [5.41, 5.74) is 0.338. The fourth-order valence-electron chi connectivity index (χ4n) is 1.81. The molecule has 1 rings (SSSR count). The van der Waals surface area contributed by atoms with E-state index < -0.39 is 11.6 Å². The van der Waals surface area contributed by atoms with Gasteiger partial charge in [-0.1, -0.05) is 32.4 Å². The van der Waals surface area contributed by atoms with Gasteiger partial charge in [0.15, 0.2) is 11.6 Å². The first-order valence-corrected chi connectivity index (χ1v) is 6.95. The molecule has 1 atom stereocenters. The van der Waals surface area contributed by atoms with Gasteiger partial charge in [-0.3, -0.25) is 0 Å². The second-order valence-electron chi connectivity index (χ2n) is 4.58. The van der Waals surface area contributed by atoms with E-state index in [0.29, 0.717) is 18.8 Å². The third kappa shape index (κ3) is 5.25. The zero-order valence-electron chi connectivity index (χ0n) is 11.7. The largest absolute Gasteiger partial charge is 0.379 e. The number of nitrogens with one attached hydrogen (secondary N) is 1. The van der Waals surface area contributed by atoms with E-state index in [2.05, 4.69) is 12.2 Å². The Balaban J connectivity index is 2.69. The summed E-state index contributed by atoms with van der Waals surface area (Å²) in [4.78, 5) is 0. The van der Waals surface area contributed by atoms with E-state index in [0.717, 1.165) is 31.9 Å². The average Bonchev–Trinajstić information content (AvgIpc) is 2.42. The Morgan fingerprint density at radius 1 is 1.21 bits per heavy atom. The number of hydrogen-bond donors (Lipinski definition) is 1. The van der Waals surface area contributed by atoms with Crippen molar-refractivity contribution in [3.05, 3.63) is 35.4 Å². The third-order valence-electron chi connectivity index (χ3n) is 2.92. The Labute approximate surface area is 114 Å². The molecule has 0 bridgehead atoms. The first-order chi connectivity index (χ1) is 9.20. The van der Waals surface area contributed by atoms with Crippen LogP contribution in [0.5, 0.6) is 0 Å². The number of benzene rings is 1. The van der Waals surface area contributed by atoms with Gasteiger partial charge in [-0.2, -0.15) is 0 Å². The summed E-state index contributed by atoms with van der Waals surface area (Å²) >= 11 is 0. The molecule has 0 spiro atoms. The van der Waals surface area contributed by atoms with Crippen LogP contribution in [-0.4, -0.2) is 19.8 Å². The lowest BCUT2D eigenvalue weighted by Gasteiger charge is -2.19. The highest BCUT2D eigenvalue weighted by Gasteiger charge is 2.17. The molecule has 0 radical (unpaired) electrons. The summed E-state index contributed by atoms with van der Waals surface area (Å²) in [6, 6.07) is 3.97. The quantitative estimate of drug-likeness (QED) is 0.689. The summed E-state index contributed by atoms with van der Waals surface area (Å²) < 4.78 is 32.6. The Morgan fingerprint density at radius 2 is 2.00 bits per heavy atom. The summed E-state index contributed by atoms with van der Waals surface area (Å²) in [5.74, 6) is -1.59. The molecule has 1 aromatic carbocycles. The molecule has 0 aromatic heterocycles. The number of ether oxygens (including phenoxy) is 1. The summed E-state index contributed by atoms with van der Waals surface area (Å²) in [6.45, 7) is 5.88. The predicted molar refractivity (Wildman–Crippen MR) is 73.1 cm³/mol. The minimum absolute atomic E-state index is 0.299. The van der Waals surface area contributed by atoms with Crippen LogP contribution >= 0.6 is 0 Å². The molecule has 0 heterocycles. The fraction of sp³-hybridized carbons (Fsp3) is 0.600. The van der Waals surface area contributed by atoms with Crippen molar-refractivity contribution >= 4 is 0 Å². The van der Waals surface area contributed by atoms with Crippen LogP contribution in [0.3, 0.4) is 0 Å². The smallest absolute Gasteiger partial charge is 0.163 e. The molecular weight excluding hydrogens is 248 g/mol. The summed E-state index contributed by atoms with van der Waals surface area (Å²) in [6.07, 6.45) is 2.97. The monoisotopic (exact) mass is 271 g/mol. The molecule has 1 unspecified atom stereocenters. The summed E-state index contributed by atoms with van der Waals surface area (Å²) in [7, 11) is 0. The van der Waals surface area contributed by atoms with Crippen molar-refractivity contribution in [2.45, 2.75) is 39.2 Å². The van der Waals surface area contributed by atoms with Crippen molar-refractivity contribution < 1.29 is 13.5 Å². The van der Waals surface area contributed by atoms with E-state index in [1.54, 1.807) is 6.07 Å². The molecular formula is C15H23F2NO. The number of halogens is 2. The van der Waals surface area contributed by atoms with Gasteiger partial charge >= 0.3 is 0 Å². The molecule has 0 amide bonds. The lowest BCUT2D eigenvalue weighted by molar-refractivity contribution is 0.108. The zero-order chi connectivity index (χ0) is 14.1. The Hall–Kier alpha value is -1.00. The normalized spacial score (nSPS) is 12.6. The minimum atomic E-state index is -0.811. The highest BCUT2D eigenvalue weighted by Crippen LogP contribution is 2.20. The van der Waals surface area contributed by atoms with Crippen LogP contribution < -0.4 is 5.32 Å². The molecule has 0 aliphatic heterocycles. The van der Waals surface area contributed by atoms with Crippen molar-refractivity contribution in [1.29, 1.82) is 0 Å². The van der Waals surface area contributed by atoms with Crippen LogP contribution in [0.1, 0.15) is 44.7 Å². The van der Waals surface area contributed by atoms with Crippen molar-refractivity contribution in [1.82, 2.24) is 5.32 Å². The van der Waals surface area contributed by atoms with Gasteiger partial charge in [-0.05, 0) is 25.5 Å². The molecule has 0 aliphatic rings. The van der Waals surface area contributed by atoms with Crippen molar-refractivity contribution in [3.8, 4) is 0 Å². The van der Waals surface area contributed by atoms with E-state index >= 15 is 0 Å². The fourth-order valence-corrected chi connectivity index (χ4v) is 1.81. The third-order valence-corrected chi connectivity index (χ3v) is 2.92. The molecule has 108 valence electrons. The van der Waals surface area contributed by atoms with E-state index in [1.807, 2.05) is 6.92 Å². The topological polar surface area (TPSA) is 21.3 Å². The molecule has 0 saturated heterocycles. The molecule has 0 fully saturated rings. The van der Waals surface area contributed by atoms with Crippen molar-refractivity contribution in [2.24, 2.45) is 0 Å². The van der Waals surface area contributed by atoms with Gasteiger partial charge < -0.3 is 10.1 Å². The van der Waals surface area contributed by atoms with E-state index in [-0.39, 0.29) is 6.04 Å². The van der Waals surface area contributed by atoms with E-state index in [9.17, 15) is 8.78 Å². The van der Waals surface area contributed by atoms with Crippen LogP contribution in [0.2, 0.25) is 0 Å². The van der Waals surface area contributed by atoms with Gasteiger partial charge in [0.25, 0.3) is 0 Å². The molecule has 4 heteroatoms. The Kier molecular flexibility index (Phi) is 7.60. The number of unbranched alkanes of at least 4 members (excludes halogenated alkanes) is 1. The van der Waals surface area contributed by atoms with Gasteiger partial charge in [0, 0.05) is 12.2 Å².